The third-order valence-electron chi connectivity index (χ3n) is 8.00. The van der Waals surface area contributed by atoms with Crippen LogP contribution >= 0.6 is 0 Å². The van der Waals surface area contributed by atoms with Crippen LogP contribution in [0, 0.1) is 11.8 Å². The lowest BCUT2D eigenvalue weighted by atomic mass is 9.78. The summed E-state index contributed by atoms with van der Waals surface area (Å²) in [6.07, 6.45) is 5.12. The number of ether oxygens (including phenoxy) is 1. The van der Waals surface area contributed by atoms with Crippen molar-refractivity contribution < 1.29 is 25.2 Å². The minimum Gasteiger partial charge on any atom is -0.497 e. The van der Waals surface area contributed by atoms with Crippen molar-refractivity contribution in [2.45, 2.75) is 83.8 Å². The van der Waals surface area contributed by atoms with Crippen LogP contribution in [0.5, 0.6) is 5.75 Å². The molecule has 0 aliphatic heterocycles. The number of methoxy groups -OCH3 is 1. The predicted molar refractivity (Wildman–Crippen MR) is 140 cm³/mol. The first kappa shape index (κ1) is 27.7. The second-order valence-electron chi connectivity index (χ2n) is 10.3. The fraction of sp³-hybridized carbons (Fsp3) is 0.600. The van der Waals surface area contributed by atoms with Crippen molar-refractivity contribution in [2.75, 3.05) is 20.3 Å². The number of unbranched alkanes of at least 4 members (excludes halogenated alkanes) is 1. The van der Waals surface area contributed by atoms with Crippen LogP contribution in [0.2, 0.25) is 0 Å². The molecule has 35 heavy (non-hydrogen) atoms. The molecule has 5 atom stereocenters. The van der Waals surface area contributed by atoms with Crippen molar-refractivity contribution in [3.05, 3.63) is 63.7 Å². The summed E-state index contributed by atoms with van der Waals surface area (Å²) in [6.45, 7) is 5.55. The van der Waals surface area contributed by atoms with Crippen LogP contribution in [0.15, 0.2) is 30.3 Å². The average molecular weight is 485 g/mol. The Labute approximate surface area is 210 Å². The molecule has 0 spiro atoms. The molecule has 5 nitrogen and oxygen atoms in total. The quantitative estimate of drug-likeness (QED) is 0.342. The van der Waals surface area contributed by atoms with E-state index >= 15 is 0 Å². The van der Waals surface area contributed by atoms with Gasteiger partial charge in [-0.1, -0.05) is 45.4 Å². The van der Waals surface area contributed by atoms with Gasteiger partial charge in [-0.05, 0) is 90.0 Å². The normalized spacial score (nSPS) is 17.5. The number of fused-ring (bicyclic) bond motifs is 1. The van der Waals surface area contributed by atoms with E-state index in [0.29, 0.717) is 0 Å². The second kappa shape index (κ2) is 12.9. The maximum atomic E-state index is 11.3. The summed E-state index contributed by atoms with van der Waals surface area (Å²) in [6, 6.07) is 10.5. The highest BCUT2D eigenvalue weighted by Crippen LogP contribution is 2.38. The Bertz CT molecular complexity index is 939. The van der Waals surface area contributed by atoms with Crippen LogP contribution in [-0.4, -0.2) is 53.0 Å². The highest BCUT2D eigenvalue weighted by molar-refractivity contribution is 5.51. The summed E-state index contributed by atoms with van der Waals surface area (Å²) in [5.41, 5.74) is 7.87. The molecule has 4 N–H and O–H groups in total. The van der Waals surface area contributed by atoms with Crippen molar-refractivity contribution in [1.82, 2.24) is 0 Å². The molecule has 5 heteroatoms. The van der Waals surface area contributed by atoms with Gasteiger partial charge in [-0.15, -0.1) is 0 Å². The van der Waals surface area contributed by atoms with E-state index in [0.717, 1.165) is 56.3 Å². The largest absolute Gasteiger partial charge is 0.497 e. The van der Waals surface area contributed by atoms with Crippen molar-refractivity contribution >= 4 is 0 Å². The Morgan fingerprint density at radius 3 is 2.23 bits per heavy atom. The molecule has 0 fully saturated rings. The Morgan fingerprint density at radius 2 is 1.63 bits per heavy atom. The molecule has 0 aromatic heterocycles. The molecule has 0 bridgehead atoms. The van der Waals surface area contributed by atoms with Gasteiger partial charge in [-0.2, -0.15) is 0 Å². The van der Waals surface area contributed by atoms with Gasteiger partial charge in [0.25, 0.3) is 0 Å². The zero-order valence-electron chi connectivity index (χ0n) is 21.8. The van der Waals surface area contributed by atoms with Crippen molar-refractivity contribution in [2.24, 2.45) is 11.8 Å². The van der Waals surface area contributed by atoms with E-state index in [1.807, 2.05) is 19.1 Å². The zero-order chi connectivity index (χ0) is 25.5. The molecule has 194 valence electrons. The van der Waals surface area contributed by atoms with E-state index in [1.165, 1.54) is 27.8 Å². The number of hydrogen-bond donors (Lipinski definition) is 4. The molecule has 0 radical (unpaired) electrons. The van der Waals surface area contributed by atoms with Crippen LogP contribution < -0.4 is 4.74 Å². The Balaban J connectivity index is 2.01. The zero-order valence-corrected chi connectivity index (χ0v) is 21.8. The monoisotopic (exact) mass is 484 g/mol. The first-order chi connectivity index (χ1) is 16.9. The van der Waals surface area contributed by atoms with Crippen LogP contribution in [0.3, 0.4) is 0 Å². The summed E-state index contributed by atoms with van der Waals surface area (Å²) in [4.78, 5) is 0. The summed E-state index contributed by atoms with van der Waals surface area (Å²) < 4.78 is 5.31. The topological polar surface area (TPSA) is 90.2 Å². The van der Waals surface area contributed by atoms with Gasteiger partial charge in [0, 0.05) is 25.0 Å². The third-order valence-corrected chi connectivity index (χ3v) is 8.00. The van der Waals surface area contributed by atoms with E-state index in [1.54, 1.807) is 14.0 Å². The summed E-state index contributed by atoms with van der Waals surface area (Å²) in [5, 5.41) is 41.7. The minimum atomic E-state index is -1.12. The van der Waals surface area contributed by atoms with E-state index in [9.17, 15) is 20.4 Å². The summed E-state index contributed by atoms with van der Waals surface area (Å²) in [5.74, 6) is -0.333. The Morgan fingerprint density at radius 1 is 0.943 bits per heavy atom. The average Bonchev–Trinajstić information content (AvgIpc) is 3.38. The van der Waals surface area contributed by atoms with Gasteiger partial charge >= 0.3 is 0 Å². The van der Waals surface area contributed by atoms with Crippen molar-refractivity contribution in [1.29, 1.82) is 0 Å². The number of rotatable bonds is 13. The fourth-order valence-corrected chi connectivity index (χ4v) is 5.64. The lowest BCUT2D eigenvalue weighted by Gasteiger charge is -2.33. The van der Waals surface area contributed by atoms with Gasteiger partial charge in [0.05, 0.1) is 19.3 Å². The van der Waals surface area contributed by atoms with Crippen molar-refractivity contribution in [3.63, 3.8) is 0 Å². The second-order valence-corrected chi connectivity index (χ2v) is 10.3. The SMILES string of the molecule is CCCCc1c(C(C)C(O)C(O)C(CO)C(C)CO)cc(Cc2ccc(OC)cc2)c2c1CCC2. The molecule has 3 rings (SSSR count). The molecule has 0 heterocycles. The van der Waals surface area contributed by atoms with Crippen LogP contribution in [0.1, 0.15) is 79.3 Å². The molecule has 5 unspecified atom stereocenters. The predicted octanol–water partition coefficient (Wildman–Crippen LogP) is 4.18. The van der Waals surface area contributed by atoms with Gasteiger partial charge in [0.1, 0.15) is 5.75 Å². The molecule has 0 saturated heterocycles. The molecule has 1 aliphatic rings. The van der Waals surface area contributed by atoms with E-state index in [2.05, 4.69) is 25.1 Å². The molecule has 1 aliphatic carbocycles. The molecule has 0 saturated carbocycles. The Kier molecular flexibility index (Phi) is 10.2. The number of hydrogen-bond acceptors (Lipinski definition) is 5. The Hall–Kier alpha value is -1.92. The third kappa shape index (κ3) is 6.26. The molecule has 2 aromatic rings. The fourth-order valence-electron chi connectivity index (χ4n) is 5.64. The van der Waals surface area contributed by atoms with Crippen LogP contribution in [-0.2, 0) is 25.7 Å². The summed E-state index contributed by atoms with van der Waals surface area (Å²) in [7, 11) is 1.67. The summed E-state index contributed by atoms with van der Waals surface area (Å²) >= 11 is 0. The maximum Gasteiger partial charge on any atom is 0.118 e. The number of benzene rings is 2. The van der Waals surface area contributed by atoms with Gasteiger partial charge in [0.15, 0.2) is 0 Å². The van der Waals surface area contributed by atoms with Crippen LogP contribution in [0.25, 0.3) is 0 Å². The van der Waals surface area contributed by atoms with Gasteiger partial charge in [-0.25, -0.2) is 0 Å². The van der Waals surface area contributed by atoms with E-state index < -0.39 is 18.1 Å². The molecular weight excluding hydrogens is 440 g/mol. The molecular formula is C30H44O5. The number of aliphatic hydroxyl groups is 4. The molecule has 2 aromatic carbocycles. The van der Waals surface area contributed by atoms with Gasteiger partial charge in [-0.3, -0.25) is 0 Å². The van der Waals surface area contributed by atoms with Gasteiger partial charge < -0.3 is 25.2 Å². The number of aliphatic hydroxyl groups excluding tert-OH is 4. The first-order valence-corrected chi connectivity index (χ1v) is 13.2. The minimum absolute atomic E-state index is 0.143. The highest BCUT2D eigenvalue weighted by Gasteiger charge is 2.35. The lowest BCUT2D eigenvalue weighted by molar-refractivity contribution is -0.0634. The first-order valence-electron chi connectivity index (χ1n) is 13.2. The highest BCUT2D eigenvalue weighted by atomic mass is 16.5. The maximum absolute atomic E-state index is 11.3. The molecule has 0 amide bonds. The standard InChI is InChI=1S/C30H44O5/c1-5-6-8-26-25-10-7-9-24(25)22(15-21-11-13-23(35-4)14-12-21)16-27(26)20(3)29(33)30(34)28(18-32)19(2)17-31/h11-14,16,19-20,28-34H,5-10,15,17-18H2,1-4H3. The van der Waals surface area contributed by atoms with E-state index in [4.69, 9.17) is 4.74 Å². The van der Waals surface area contributed by atoms with E-state index in [-0.39, 0.29) is 25.0 Å². The van der Waals surface area contributed by atoms with Gasteiger partial charge in [0.2, 0.25) is 0 Å². The lowest BCUT2D eigenvalue weighted by Crippen LogP contribution is -2.42. The van der Waals surface area contributed by atoms with Crippen LogP contribution in [0.4, 0.5) is 0 Å². The smallest absolute Gasteiger partial charge is 0.118 e. The van der Waals surface area contributed by atoms with Crippen molar-refractivity contribution in [3.8, 4) is 5.75 Å².